The lowest BCUT2D eigenvalue weighted by Gasteiger charge is -2.11. The maximum absolute atomic E-state index is 14.0. The maximum Gasteiger partial charge on any atom is 0.340 e. The summed E-state index contributed by atoms with van der Waals surface area (Å²) in [6.07, 6.45) is 0. The van der Waals surface area contributed by atoms with Crippen LogP contribution < -0.4 is 0 Å². The van der Waals surface area contributed by atoms with Crippen LogP contribution in [-0.4, -0.2) is 17.6 Å². The standard InChI is InChI=1S/C16H13FN2O2/c1-3-21-16(20)13-8-11(9-18)10(2)19-15(13)12-6-4-5-7-14(12)17/h4-8H,3H2,1-2H3. The van der Waals surface area contributed by atoms with Crippen molar-refractivity contribution in [2.24, 2.45) is 0 Å². The third-order valence-electron chi connectivity index (χ3n) is 2.96. The van der Waals surface area contributed by atoms with Crippen molar-refractivity contribution in [3.05, 3.63) is 53.0 Å². The van der Waals surface area contributed by atoms with Crippen LogP contribution in [0.4, 0.5) is 4.39 Å². The fourth-order valence-corrected chi connectivity index (χ4v) is 1.94. The molecule has 21 heavy (non-hydrogen) atoms. The van der Waals surface area contributed by atoms with Crippen molar-refractivity contribution in [2.75, 3.05) is 6.61 Å². The second-order valence-corrected chi connectivity index (χ2v) is 4.33. The van der Waals surface area contributed by atoms with Crippen LogP contribution in [-0.2, 0) is 4.74 Å². The van der Waals surface area contributed by atoms with Crippen molar-refractivity contribution in [1.82, 2.24) is 4.98 Å². The van der Waals surface area contributed by atoms with Crippen molar-refractivity contribution >= 4 is 5.97 Å². The Balaban J connectivity index is 2.70. The molecule has 0 N–H and O–H groups in total. The molecule has 2 rings (SSSR count). The van der Waals surface area contributed by atoms with Crippen LogP contribution in [0.3, 0.4) is 0 Å². The summed E-state index contributed by atoms with van der Waals surface area (Å²) in [6.45, 7) is 3.50. The number of hydrogen-bond donors (Lipinski definition) is 0. The molecular weight excluding hydrogens is 271 g/mol. The molecule has 1 aromatic carbocycles. The summed E-state index contributed by atoms with van der Waals surface area (Å²) >= 11 is 0. The van der Waals surface area contributed by atoms with Gasteiger partial charge in [-0.2, -0.15) is 5.26 Å². The molecule has 0 aliphatic carbocycles. The normalized spacial score (nSPS) is 10.0. The van der Waals surface area contributed by atoms with E-state index in [1.54, 1.807) is 26.0 Å². The topological polar surface area (TPSA) is 63.0 Å². The van der Waals surface area contributed by atoms with Crippen LogP contribution in [0.15, 0.2) is 30.3 Å². The Bertz CT molecular complexity index is 736. The Kier molecular flexibility index (Phi) is 4.29. The molecule has 0 aliphatic heterocycles. The largest absolute Gasteiger partial charge is 0.462 e. The number of benzene rings is 1. The third-order valence-corrected chi connectivity index (χ3v) is 2.96. The molecule has 0 amide bonds. The highest BCUT2D eigenvalue weighted by molar-refractivity contribution is 5.96. The fourth-order valence-electron chi connectivity index (χ4n) is 1.94. The molecule has 0 spiro atoms. The zero-order valence-corrected chi connectivity index (χ0v) is 11.7. The summed E-state index contributed by atoms with van der Waals surface area (Å²) in [5.74, 6) is -1.11. The molecule has 0 saturated carbocycles. The highest BCUT2D eigenvalue weighted by Gasteiger charge is 2.20. The van der Waals surface area contributed by atoms with Gasteiger partial charge in [-0.1, -0.05) is 12.1 Å². The highest BCUT2D eigenvalue weighted by Crippen LogP contribution is 2.26. The average Bonchev–Trinajstić information content (AvgIpc) is 2.47. The van der Waals surface area contributed by atoms with Gasteiger partial charge in [-0.3, -0.25) is 4.98 Å². The number of pyridine rings is 1. The minimum Gasteiger partial charge on any atom is -0.462 e. The van der Waals surface area contributed by atoms with E-state index in [-0.39, 0.29) is 29.0 Å². The minimum atomic E-state index is -0.625. The summed E-state index contributed by atoms with van der Waals surface area (Å²) in [4.78, 5) is 16.3. The van der Waals surface area contributed by atoms with E-state index in [2.05, 4.69) is 4.98 Å². The Hall–Kier alpha value is -2.74. The number of hydrogen-bond acceptors (Lipinski definition) is 4. The van der Waals surface area contributed by atoms with Crippen LogP contribution in [0.25, 0.3) is 11.3 Å². The van der Waals surface area contributed by atoms with E-state index in [1.807, 2.05) is 6.07 Å². The van der Waals surface area contributed by atoms with Gasteiger partial charge < -0.3 is 4.74 Å². The zero-order valence-electron chi connectivity index (χ0n) is 11.7. The second kappa shape index (κ2) is 6.14. The molecule has 1 aromatic heterocycles. The van der Waals surface area contributed by atoms with Crippen LogP contribution in [0.2, 0.25) is 0 Å². The number of carbonyl (C=O) groups excluding carboxylic acids is 1. The van der Waals surface area contributed by atoms with Gasteiger partial charge in [0.2, 0.25) is 0 Å². The first kappa shape index (κ1) is 14.7. The van der Waals surface area contributed by atoms with Gasteiger partial charge in [0.15, 0.2) is 0 Å². The number of halogens is 1. The number of aromatic nitrogens is 1. The first-order chi connectivity index (χ1) is 10.1. The molecule has 0 radical (unpaired) electrons. The van der Waals surface area contributed by atoms with Crippen molar-refractivity contribution < 1.29 is 13.9 Å². The summed E-state index contributed by atoms with van der Waals surface area (Å²) in [5, 5.41) is 9.05. The number of esters is 1. The first-order valence-corrected chi connectivity index (χ1v) is 6.42. The number of nitrogens with zero attached hydrogens (tertiary/aromatic N) is 2. The number of aryl methyl sites for hydroxylation is 1. The smallest absolute Gasteiger partial charge is 0.340 e. The van der Waals surface area contributed by atoms with Crippen molar-refractivity contribution in [2.45, 2.75) is 13.8 Å². The van der Waals surface area contributed by atoms with E-state index in [0.29, 0.717) is 5.69 Å². The quantitative estimate of drug-likeness (QED) is 0.812. The van der Waals surface area contributed by atoms with E-state index in [1.165, 1.54) is 18.2 Å². The van der Waals surface area contributed by atoms with Crippen LogP contribution >= 0.6 is 0 Å². The molecule has 0 aliphatic rings. The lowest BCUT2D eigenvalue weighted by molar-refractivity contribution is 0.0527. The van der Waals surface area contributed by atoms with E-state index >= 15 is 0 Å². The first-order valence-electron chi connectivity index (χ1n) is 6.42. The van der Waals surface area contributed by atoms with Gasteiger partial charge in [0.1, 0.15) is 11.9 Å². The van der Waals surface area contributed by atoms with Gasteiger partial charge in [0.25, 0.3) is 0 Å². The second-order valence-electron chi connectivity index (χ2n) is 4.33. The number of ether oxygens (including phenoxy) is 1. The van der Waals surface area contributed by atoms with E-state index in [4.69, 9.17) is 10.00 Å². The van der Waals surface area contributed by atoms with Crippen LogP contribution in [0.5, 0.6) is 0 Å². The van der Waals surface area contributed by atoms with E-state index < -0.39 is 11.8 Å². The lowest BCUT2D eigenvalue weighted by Crippen LogP contribution is -2.10. The predicted molar refractivity (Wildman–Crippen MR) is 75.0 cm³/mol. The van der Waals surface area contributed by atoms with Gasteiger partial charge in [-0.15, -0.1) is 0 Å². The molecule has 1 heterocycles. The molecule has 106 valence electrons. The molecule has 0 fully saturated rings. The van der Waals surface area contributed by atoms with E-state index in [9.17, 15) is 9.18 Å². The predicted octanol–water partition coefficient (Wildman–Crippen LogP) is 3.24. The molecular formula is C16H13FN2O2. The average molecular weight is 284 g/mol. The monoisotopic (exact) mass is 284 g/mol. The van der Waals surface area contributed by atoms with Crippen LogP contribution in [0.1, 0.15) is 28.5 Å². The Morgan fingerprint density at radius 1 is 1.43 bits per heavy atom. The van der Waals surface area contributed by atoms with Crippen molar-refractivity contribution in [1.29, 1.82) is 5.26 Å². The molecule has 4 nitrogen and oxygen atoms in total. The summed E-state index contributed by atoms with van der Waals surface area (Å²) in [5.41, 5.74) is 1.17. The van der Waals surface area contributed by atoms with Gasteiger partial charge in [-0.05, 0) is 32.0 Å². The van der Waals surface area contributed by atoms with E-state index in [0.717, 1.165) is 0 Å². The minimum absolute atomic E-state index is 0.0871. The van der Waals surface area contributed by atoms with Gasteiger partial charge >= 0.3 is 5.97 Å². The molecule has 0 unspecified atom stereocenters. The van der Waals surface area contributed by atoms with Gasteiger partial charge in [-0.25, -0.2) is 9.18 Å². The molecule has 5 heteroatoms. The Morgan fingerprint density at radius 3 is 2.76 bits per heavy atom. The van der Waals surface area contributed by atoms with Crippen LogP contribution in [0, 0.1) is 24.1 Å². The number of rotatable bonds is 3. The number of nitriles is 1. The molecule has 0 atom stereocenters. The Morgan fingerprint density at radius 2 is 2.14 bits per heavy atom. The van der Waals surface area contributed by atoms with Crippen molar-refractivity contribution in [3.8, 4) is 17.3 Å². The number of carbonyl (C=O) groups is 1. The van der Waals surface area contributed by atoms with Gasteiger partial charge in [0.05, 0.1) is 29.1 Å². The fraction of sp³-hybridized carbons (Fsp3) is 0.188. The Labute approximate surface area is 121 Å². The maximum atomic E-state index is 14.0. The highest BCUT2D eigenvalue weighted by atomic mass is 19.1. The van der Waals surface area contributed by atoms with Crippen molar-refractivity contribution in [3.63, 3.8) is 0 Å². The SMILES string of the molecule is CCOC(=O)c1cc(C#N)c(C)nc1-c1ccccc1F. The third kappa shape index (κ3) is 2.90. The van der Waals surface area contributed by atoms with Gasteiger partial charge in [0, 0.05) is 5.56 Å². The summed E-state index contributed by atoms with van der Waals surface area (Å²) in [6, 6.07) is 9.39. The summed E-state index contributed by atoms with van der Waals surface area (Å²) < 4.78 is 18.9. The summed E-state index contributed by atoms with van der Waals surface area (Å²) in [7, 11) is 0. The lowest BCUT2D eigenvalue weighted by atomic mass is 10.0. The zero-order chi connectivity index (χ0) is 15.4. The molecule has 0 bridgehead atoms. The molecule has 0 saturated heterocycles. The molecule has 2 aromatic rings.